The Bertz CT molecular complexity index is 1300. The maximum Gasteiger partial charge on any atom is 0.264 e. The average molecular weight is 532 g/mol. The van der Waals surface area contributed by atoms with Gasteiger partial charge in [-0.15, -0.1) is 0 Å². The third-order valence-electron chi connectivity index (χ3n) is 5.63. The van der Waals surface area contributed by atoms with Crippen molar-refractivity contribution in [3.8, 4) is 0 Å². The Morgan fingerprint density at radius 1 is 0.972 bits per heavy atom. The van der Waals surface area contributed by atoms with E-state index in [1.165, 1.54) is 42.3 Å². The zero-order valence-corrected chi connectivity index (χ0v) is 21.5. The molecular weight excluding hydrogens is 505 g/mol. The number of likely N-dealkylation sites (N-methyl/N-ethyl adjacent to an activating group) is 1. The molecule has 1 atom stereocenters. The van der Waals surface area contributed by atoms with Gasteiger partial charge >= 0.3 is 0 Å². The second-order valence-corrected chi connectivity index (χ2v) is 10.3. The fourth-order valence-corrected chi connectivity index (χ4v) is 5.33. The van der Waals surface area contributed by atoms with Gasteiger partial charge in [-0.2, -0.15) is 0 Å². The van der Waals surface area contributed by atoms with E-state index < -0.39 is 40.2 Å². The van der Waals surface area contributed by atoms with Gasteiger partial charge in [-0.1, -0.05) is 61.0 Å². The first-order valence-corrected chi connectivity index (χ1v) is 13.1. The van der Waals surface area contributed by atoms with Crippen LogP contribution >= 0.6 is 11.6 Å². The van der Waals surface area contributed by atoms with Crippen LogP contribution in [0, 0.1) is 5.82 Å². The second-order valence-electron chi connectivity index (χ2n) is 7.96. The first-order chi connectivity index (χ1) is 17.2. The van der Waals surface area contributed by atoms with Gasteiger partial charge in [-0.25, -0.2) is 12.8 Å². The summed E-state index contributed by atoms with van der Waals surface area (Å²) in [6.45, 7) is 1.06. The van der Waals surface area contributed by atoms with Crippen molar-refractivity contribution in [1.82, 2.24) is 10.2 Å². The standard InChI is InChI=1S/C26H27ClFN3O4S/c1-3-23(26(33)29-2)30(17-19-13-15-20(27)16-14-19)25(32)18-31(24-12-8-7-11-22(24)28)36(34,35)21-9-5-4-6-10-21/h4-16,23H,3,17-18H2,1-2H3,(H,29,33)/t23-/m1/s1. The van der Waals surface area contributed by atoms with Gasteiger partial charge in [0.1, 0.15) is 18.4 Å². The van der Waals surface area contributed by atoms with Crippen LogP contribution in [-0.2, 0) is 26.2 Å². The molecule has 0 saturated heterocycles. The van der Waals surface area contributed by atoms with Crippen LogP contribution in [0.4, 0.5) is 10.1 Å². The minimum Gasteiger partial charge on any atom is -0.357 e. The van der Waals surface area contributed by atoms with Crippen molar-refractivity contribution in [1.29, 1.82) is 0 Å². The molecule has 0 aliphatic carbocycles. The SMILES string of the molecule is CC[C@H](C(=O)NC)N(Cc1ccc(Cl)cc1)C(=O)CN(c1ccccc1F)S(=O)(=O)c1ccccc1. The Morgan fingerprint density at radius 3 is 2.17 bits per heavy atom. The summed E-state index contributed by atoms with van der Waals surface area (Å²) in [5, 5.41) is 3.06. The van der Waals surface area contributed by atoms with E-state index in [9.17, 15) is 22.4 Å². The summed E-state index contributed by atoms with van der Waals surface area (Å²) in [5.74, 6) is -1.86. The second kappa shape index (κ2) is 12.0. The lowest BCUT2D eigenvalue weighted by atomic mass is 10.1. The van der Waals surface area contributed by atoms with Crippen LogP contribution in [-0.4, -0.2) is 44.8 Å². The monoisotopic (exact) mass is 531 g/mol. The Balaban J connectivity index is 2.05. The van der Waals surface area contributed by atoms with Crippen LogP contribution in [0.25, 0.3) is 0 Å². The molecule has 3 aromatic carbocycles. The van der Waals surface area contributed by atoms with Crippen molar-refractivity contribution in [2.75, 3.05) is 17.9 Å². The smallest absolute Gasteiger partial charge is 0.264 e. The summed E-state index contributed by atoms with van der Waals surface area (Å²) in [7, 11) is -2.85. The third kappa shape index (κ3) is 6.22. The Labute approximate surface area is 215 Å². The molecule has 0 unspecified atom stereocenters. The molecular formula is C26H27ClFN3O4S. The summed E-state index contributed by atoms with van der Waals surface area (Å²) in [4.78, 5) is 27.6. The average Bonchev–Trinajstić information content (AvgIpc) is 2.89. The number of hydrogen-bond donors (Lipinski definition) is 1. The zero-order valence-electron chi connectivity index (χ0n) is 19.9. The number of nitrogens with zero attached hydrogens (tertiary/aromatic N) is 2. The van der Waals surface area contributed by atoms with Crippen LogP contribution in [0.2, 0.25) is 5.02 Å². The lowest BCUT2D eigenvalue weighted by Gasteiger charge is -2.33. The van der Waals surface area contributed by atoms with Crippen LogP contribution < -0.4 is 9.62 Å². The number of carbonyl (C=O) groups is 2. The quantitative estimate of drug-likeness (QED) is 0.424. The highest BCUT2D eigenvalue weighted by Gasteiger charge is 2.34. The number of amides is 2. The van der Waals surface area contributed by atoms with E-state index in [0.717, 1.165) is 10.4 Å². The summed E-state index contributed by atoms with van der Waals surface area (Å²) in [6, 6.07) is 18.7. The molecule has 0 aliphatic heterocycles. The van der Waals surface area contributed by atoms with Crippen LogP contribution in [0.5, 0.6) is 0 Å². The molecule has 0 fully saturated rings. The molecule has 0 bridgehead atoms. The number of hydrogen-bond acceptors (Lipinski definition) is 4. The molecule has 0 aliphatic rings. The number of carbonyl (C=O) groups excluding carboxylic acids is 2. The van der Waals surface area contributed by atoms with Gasteiger partial charge in [0.05, 0.1) is 10.6 Å². The van der Waals surface area contributed by atoms with Crippen molar-refractivity contribution < 1.29 is 22.4 Å². The van der Waals surface area contributed by atoms with E-state index in [1.807, 2.05) is 0 Å². The molecule has 7 nitrogen and oxygen atoms in total. The van der Waals surface area contributed by atoms with Gasteiger partial charge in [0.2, 0.25) is 11.8 Å². The predicted octanol–water partition coefficient (Wildman–Crippen LogP) is 4.23. The number of anilines is 1. The molecule has 2 amide bonds. The number of benzene rings is 3. The Kier molecular flexibility index (Phi) is 9.06. The molecule has 0 saturated carbocycles. The largest absolute Gasteiger partial charge is 0.357 e. The summed E-state index contributed by atoms with van der Waals surface area (Å²) in [6.07, 6.45) is 0.282. The molecule has 0 heterocycles. The van der Waals surface area contributed by atoms with E-state index >= 15 is 0 Å². The number of para-hydroxylation sites is 1. The van der Waals surface area contributed by atoms with Crippen LogP contribution in [0.1, 0.15) is 18.9 Å². The molecule has 0 spiro atoms. The highest BCUT2D eigenvalue weighted by molar-refractivity contribution is 7.92. The van der Waals surface area contributed by atoms with Crippen LogP contribution in [0.3, 0.4) is 0 Å². The number of nitrogens with one attached hydrogen (secondary N) is 1. The lowest BCUT2D eigenvalue weighted by Crippen LogP contribution is -2.51. The predicted molar refractivity (Wildman–Crippen MR) is 138 cm³/mol. The molecule has 190 valence electrons. The van der Waals surface area contributed by atoms with Crippen molar-refractivity contribution in [3.05, 3.63) is 95.3 Å². The van der Waals surface area contributed by atoms with Gasteiger partial charge in [0.25, 0.3) is 10.0 Å². The molecule has 3 rings (SSSR count). The molecule has 0 radical (unpaired) electrons. The van der Waals surface area contributed by atoms with E-state index in [4.69, 9.17) is 11.6 Å². The molecule has 36 heavy (non-hydrogen) atoms. The Morgan fingerprint density at radius 2 is 1.58 bits per heavy atom. The van der Waals surface area contributed by atoms with Crippen LogP contribution in [0.15, 0.2) is 83.8 Å². The van der Waals surface area contributed by atoms with Gasteiger partial charge in [-0.3, -0.25) is 13.9 Å². The Hall–Kier alpha value is -3.43. The minimum absolute atomic E-state index is 0.0262. The van der Waals surface area contributed by atoms with Crippen molar-refractivity contribution in [3.63, 3.8) is 0 Å². The van der Waals surface area contributed by atoms with E-state index in [1.54, 1.807) is 49.4 Å². The summed E-state index contributed by atoms with van der Waals surface area (Å²) >= 11 is 5.98. The van der Waals surface area contributed by atoms with E-state index in [2.05, 4.69) is 5.32 Å². The highest BCUT2D eigenvalue weighted by atomic mass is 35.5. The lowest BCUT2D eigenvalue weighted by molar-refractivity contribution is -0.140. The number of sulfonamides is 1. The summed E-state index contributed by atoms with van der Waals surface area (Å²) < 4.78 is 42.7. The van der Waals surface area contributed by atoms with Gasteiger partial charge in [0, 0.05) is 18.6 Å². The van der Waals surface area contributed by atoms with Crippen molar-refractivity contribution >= 4 is 39.1 Å². The third-order valence-corrected chi connectivity index (χ3v) is 7.66. The zero-order chi connectivity index (χ0) is 26.3. The van der Waals surface area contributed by atoms with Gasteiger partial charge < -0.3 is 10.2 Å². The molecule has 10 heteroatoms. The fourth-order valence-electron chi connectivity index (χ4n) is 3.76. The van der Waals surface area contributed by atoms with Gasteiger partial charge in [0.15, 0.2) is 0 Å². The normalized spacial score (nSPS) is 12.0. The first kappa shape index (κ1) is 27.2. The topological polar surface area (TPSA) is 86.8 Å². The van der Waals surface area contributed by atoms with E-state index in [0.29, 0.717) is 10.6 Å². The number of rotatable bonds is 10. The van der Waals surface area contributed by atoms with Crippen molar-refractivity contribution in [2.24, 2.45) is 0 Å². The summed E-state index contributed by atoms with van der Waals surface area (Å²) in [5.41, 5.74) is 0.424. The maximum absolute atomic E-state index is 14.8. The molecule has 1 N–H and O–H groups in total. The number of halogens is 2. The first-order valence-electron chi connectivity index (χ1n) is 11.3. The minimum atomic E-state index is -4.31. The molecule has 3 aromatic rings. The van der Waals surface area contributed by atoms with Gasteiger partial charge in [-0.05, 0) is 48.4 Å². The molecule has 0 aromatic heterocycles. The fraction of sp³-hybridized carbons (Fsp3) is 0.231. The van der Waals surface area contributed by atoms with E-state index in [-0.39, 0.29) is 23.5 Å². The maximum atomic E-state index is 14.8. The highest BCUT2D eigenvalue weighted by Crippen LogP contribution is 2.27. The van der Waals surface area contributed by atoms with Crippen molar-refractivity contribution in [2.45, 2.75) is 30.8 Å².